The highest BCUT2D eigenvalue weighted by atomic mass is 16.5. The van der Waals surface area contributed by atoms with Gasteiger partial charge in [0.15, 0.2) is 0 Å². The van der Waals surface area contributed by atoms with E-state index in [1.165, 1.54) is 17.5 Å². The van der Waals surface area contributed by atoms with E-state index in [2.05, 4.69) is 52.8 Å². The van der Waals surface area contributed by atoms with E-state index in [-0.39, 0.29) is 12.4 Å². The molecule has 17 heavy (non-hydrogen) atoms. The predicted octanol–water partition coefficient (Wildman–Crippen LogP) is 4.33. The van der Waals surface area contributed by atoms with Crippen LogP contribution in [0.15, 0.2) is 18.2 Å². The Labute approximate surface area is 106 Å². The zero-order valence-electron chi connectivity index (χ0n) is 11.5. The summed E-state index contributed by atoms with van der Waals surface area (Å²) in [5.41, 5.74) is 2.87. The Bertz CT molecular complexity index is 484. The van der Waals surface area contributed by atoms with Crippen LogP contribution in [0.25, 0.3) is 0 Å². The molecule has 3 rings (SSSR count). The molecule has 1 fully saturated rings. The highest BCUT2D eigenvalue weighted by molar-refractivity contribution is 5.52. The van der Waals surface area contributed by atoms with Gasteiger partial charge < -0.3 is 4.74 Å². The summed E-state index contributed by atoms with van der Waals surface area (Å²) in [6, 6.07) is 6.59. The molecular weight excluding hydrogens is 208 g/mol. The molecule has 2 aliphatic rings. The molecule has 4 atom stereocenters. The molecular formula is C16H24O. The number of para-hydroxylation sites is 1. The number of fused-ring (bicyclic) bond motifs is 3. The summed E-state index contributed by atoms with van der Waals surface area (Å²) < 4.78 is 6.39. The first-order valence-corrected chi connectivity index (χ1v) is 6.69. The molecule has 0 bridgehead atoms. The van der Waals surface area contributed by atoms with E-state index in [1.807, 2.05) is 0 Å². The van der Waals surface area contributed by atoms with E-state index < -0.39 is 0 Å². The minimum Gasteiger partial charge on any atom is -0.486 e. The topological polar surface area (TPSA) is 9.23 Å². The number of aryl methyl sites for hydroxylation is 1. The predicted molar refractivity (Wildman–Crippen MR) is 72.6 cm³/mol. The zero-order valence-corrected chi connectivity index (χ0v) is 11.5. The number of ether oxygens (including phenoxy) is 1. The van der Waals surface area contributed by atoms with Gasteiger partial charge in [0, 0.05) is 12.4 Å². The molecule has 0 unspecified atom stereocenters. The van der Waals surface area contributed by atoms with Crippen LogP contribution in [0.1, 0.15) is 46.7 Å². The van der Waals surface area contributed by atoms with Crippen molar-refractivity contribution in [3.63, 3.8) is 0 Å². The lowest BCUT2D eigenvalue weighted by molar-refractivity contribution is 0.0561. The fourth-order valence-electron chi connectivity index (χ4n) is 4.15. The molecule has 1 aromatic carbocycles. The van der Waals surface area contributed by atoms with Gasteiger partial charge in [-0.15, -0.1) is 0 Å². The molecule has 0 radical (unpaired) electrons. The maximum absolute atomic E-state index is 6.39. The van der Waals surface area contributed by atoms with Crippen LogP contribution in [0.5, 0.6) is 5.75 Å². The van der Waals surface area contributed by atoms with Gasteiger partial charge in [0.25, 0.3) is 0 Å². The van der Waals surface area contributed by atoms with E-state index >= 15 is 0 Å². The lowest BCUT2D eigenvalue weighted by atomic mass is 9.68. The van der Waals surface area contributed by atoms with Crippen LogP contribution in [-0.4, -0.2) is 5.60 Å². The molecule has 1 aliphatic heterocycles. The van der Waals surface area contributed by atoms with Gasteiger partial charge in [-0.05, 0) is 37.7 Å². The van der Waals surface area contributed by atoms with Crippen molar-refractivity contribution >= 4 is 0 Å². The van der Waals surface area contributed by atoms with Gasteiger partial charge in [0.1, 0.15) is 11.4 Å². The second kappa shape index (κ2) is 3.07. The van der Waals surface area contributed by atoms with Crippen molar-refractivity contribution in [1.82, 2.24) is 0 Å². The molecule has 1 heterocycles. The first kappa shape index (κ1) is 11.1. The van der Waals surface area contributed by atoms with Gasteiger partial charge >= 0.3 is 0 Å². The second-order valence-corrected chi connectivity index (χ2v) is 6.46. The van der Waals surface area contributed by atoms with E-state index in [4.69, 9.17) is 4.74 Å². The molecule has 0 aromatic heterocycles. The fraction of sp³-hybridized carbons (Fsp3) is 0.625. The normalized spacial score (nSPS) is 43.1. The van der Waals surface area contributed by atoms with E-state index in [0.717, 1.165) is 11.7 Å². The highest BCUT2D eigenvalue weighted by Crippen LogP contribution is 2.62. The fourth-order valence-corrected chi connectivity index (χ4v) is 4.15. The van der Waals surface area contributed by atoms with Crippen molar-refractivity contribution in [3.05, 3.63) is 29.3 Å². The third kappa shape index (κ3) is 1.10. The average molecular weight is 232 g/mol. The molecule has 94 valence electrons. The third-order valence-electron chi connectivity index (χ3n) is 5.67. The Morgan fingerprint density at radius 2 is 2.00 bits per heavy atom. The number of benzene rings is 1. The summed E-state index contributed by atoms with van der Waals surface area (Å²) in [5.74, 6) is 2.56. The second-order valence-electron chi connectivity index (χ2n) is 6.46. The van der Waals surface area contributed by atoms with Crippen molar-refractivity contribution in [2.24, 2.45) is 11.8 Å². The van der Waals surface area contributed by atoms with Crippen molar-refractivity contribution in [1.29, 1.82) is 0 Å². The van der Waals surface area contributed by atoms with E-state index in [0.29, 0.717) is 5.92 Å². The highest BCUT2D eigenvalue weighted by Gasteiger charge is 2.63. The van der Waals surface area contributed by atoms with Gasteiger partial charge in [-0.2, -0.15) is 0 Å². The summed E-state index contributed by atoms with van der Waals surface area (Å²) >= 11 is 0. The van der Waals surface area contributed by atoms with Crippen LogP contribution >= 0.6 is 0 Å². The van der Waals surface area contributed by atoms with Crippen LogP contribution in [0, 0.1) is 18.8 Å². The Morgan fingerprint density at radius 1 is 1.29 bits per heavy atom. The SMILES string of the molecule is Cc1cccc2c1O[C@@]1(C)C[C@H](C)[C@H](C)[C@@]21C.[HH]. The Hall–Kier alpha value is -0.980. The Morgan fingerprint density at radius 3 is 2.71 bits per heavy atom. The quantitative estimate of drug-likeness (QED) is 0.647. The Balaban J connectivity index is 0.00000120. The number of hydrogen-bond donors (Lipinski definition) is 0. The molecule has 1 aromatic rings. The first-order valence-electron chi connectivity index (χ1n) is 6.69. The summed E-state index contributed by atoms with van der Waals surface area (Å²) in [7, 11) is 0. The van der Waals surface area contributed by atoms with Crippen LogP contribution in [0.2, 0.25) is 0 Å². The maximum atomic E-state index is 6.39. The molecule has 0 amide bonds. The third-order valence-corrected chi connectivity index (χ3v) is 5.67. The minimum atomic E-state index is -0.0136. The summed E-state index contributed by atoms with van der Waals surface area (Å²) in [5, 5.41) is 0. The summed E-state index contributed by atoms with van der Waals surface area (Å²) in [4.78, 5) is 0. The molecule has 1 saturated carbocycles. The van der Waals surface area contributed by atoms with Gasteiger partial charge in [-0.25, -0.2) is 0 Å². The monoisotopic (exact) mass is 232 g/mol. The standard InChI is InChI=1S/C16H22O.H2/c1-10-7-6-8-13-14(10)17-15(4)9-11(2)12(3)16(13,15)5;/h6-8,11-12H,9H2,1-5H3;1H/t11-,12-,15-,16-;/m0./s1. The van der Waals surface area contributed by atoms with E-state index in [1.54, 1.807) is 0 Å². The van der Waals surface area contributed by atoms with Gasteiger partial charge in [-0.1, -0.05) is 39.0 Å². The number of rotatable bonds is 0. The smallest absolute Gasteiger partial charge is 0.126 e. The zero-order chi connectivity index (χ0) is 12.4. The number of hydrogen-bond acceptors (Lipinski definition) is 1. The lowest BCUT2D eigenvalue weighted by Crippen LogP contribution is -2.45. The molecule has 0 spiro atoms. The molecule has 1 aliphatic carbocycles. The minimum absolute atomic E-state index is 0. The van der Waals surface area contributed by atoms with Crippen LogP contribution in [-0.2, 0) is 5.41 Å². The molecule has 1 heteroatoms. The van der Waals surface area contributed by atoms with Crippen LogP contribution < -0.4 is 4.74 Å². The van der Waals surface area contributed by atoms with Crippen molar-refractivity contribution < 1.29 is 6.16 Å². The Kier molecular flexibility index (Phi) is 2.01. The van der Waals surface area contributed by atoms with Crippen molar-refractivity contribution in [2.75, 3.05) is 0 Å². The molecule has 1 nitrogen and oxygen atoms in total. The summed E-state index contributed by atoms with van der Waals surface area (Å²) in [6.45, 7) is 11.6. The van der Waals surface area contributed by atoms with Crippen LogP contribution in [0.4, 0.5) is 0 Å². The van der Waals surface area contributed by atoms with Gasteiger partial charge in [-0.3, -0.25) is 0 Å². The first-order chi connectivity index (χ1) is 7.90. The average Bonchev–Trinajstić information content (AvgIpc) is 2.59. The molecule has 0 N–H and O–H groups in total. The van der Waals surface area contributed by atoms with Crippen LogP contribution in [0.3, 0.4) is 0 Å². The van der Waals surface area contributed by atoms with Gasteiger partial charge in [0.2, 0.25) is 0 Å². The van der Waals surface area contributed by atoms with Crippen molar-refractivity contribution in [2.45, 2.75) is 52.1 Å². The largest absolute Gasteiger partial charge is 0.486 e. The summed E-state index contributed by atoms with van der Waals surface area (Å²) in [6.07, 6.45) is 1.17. The van der Waals surface area contributed by atoms with Crippen molar-refractivity contribution in [3.8, 4) is 5.75 Å². The maximum Gasteiger partial charge on any atom is 0.126 e. The van der Waals surface area contributed by atoms with E-state index in [9.17, 15) is 0 Å². The van der Waals surface area contributed by atoms with Gasteiger partial charge in [0.05, 0.1) is 0 Å². The lowest BCUT2D eigenvalue weighted by Gasteiger charge is -2.36. The molecule has 0 saturated heterocycles.